The molecule has 0 spiro atoms. The Kier molecular flexibility index (Phi) is 7.36. The van der Waals surface area contributed by atoms with Gasteiger partial charge in [0.1, 0.15) is 6.26 Å². The average molecular weight is 375 g/mol. The minimum absolute atomic E-state index is 0.0690. The average Bonchev–Trinajstić information content (AvgIpc) is 3.12. The van der Waals surface area contributed by atoms with Gasteiger partial charge in [0, 0.05) is 25.9 Å². The van der Waals surface area contributed by atoms with Crippen LogP contribution < -0.4 is 5.32 Å². The molecule has 0 aliphatic heterocycles. The van der Waals surface area contributed by atoms with E-state index in [1.54, 1.807) is 12.0 Å². The van der Waals surface area contributed by atoms with E-state index in [-0.39, 0.29) is 24.2 Å². The quantitative estimate of drug-likeness (QED) is 0.563. The van der Waals surface area contributed by atoms with Crippen molar-refractivity contribution < 1.29 is 23.5 Å². The van der Waals surface area contributed by atoms with Gasteiger partial charge >= 0.3 is 12.0 Å². The van der Waals surface area contributed by atoms with E-state index < -0.39 is 5.97 Å². The summed E-state index contributed by atoms with van der Waals surface area (Å²) in [6.07, 6.45) is 1.87. The van der Waals surface area contributed by atoms with Gasteiger partial charge in [0.25, 0.3) is 0 Å². The SMILES string of the molecule is COCCCN(Cc1nc(C(=O)OC)co1)C(=O)Nc1c(C)cccc1C. The van der Waals surface area contributed by atoms with Gasteiger partial charge < -0.3 is 24.1 Å². The van der Waals surface area contributed by atoms with Crippen molar-refractivity contribution in [3.63, 3.8) is 0 Å². The maximum atomic E-state index is 12.8. The molecule has 146 valence electrons. The highest BCUT2D eigenvalue weighted by Gasteiger charge is 2.20. The molecule has 8 nitrogen and oxygen atoms in total. The Balaban J connectivity index is 2.14. The van der Waals surface area contributed by atoms with Gasteiger partial charge in [0.15, 0.2) is 5.69 Å². The monoisotopic (exact) mass is 375 g/mol. The van der Waals surface area contributed by atoms with Gasteiger partial charge in [-0.2, -0.15) is 0 Å². The molecule has 0 aliphatic carbocycles. The van der Waals surface area contributed by atoms with Gasteiger partial charge in [0.05, 0.1) is 13.7 Å². The van der Waals surface area contributed by atoms with Crippen LogP contribution in [0.2, 0.25) is 0 Å². The molecule has 1 aromatic carbocycles. The number of anilines is 1. The number of benzene rings is 1. The second-order valence-corrected chi connectivity index (χ2v) is 6.08. The van der Waals surface area contributed by atoms with Crippen molar-refractivity contribution in [2.75, 3.05) is 32.7 Å². The molecule has 2 rings (SSSR count). The molecule has 1 heterocycles. The van der Waals surface area contributed by atoms with Crippen molar-refractivity contribution in [3.05, 3.63) is 47.2 Å². The number of ether oxygens (including phenoxy) is 2. The van der Waals surface area contributed by atoms with E-state index in [1.807, 2.05) is 32.0 Å². The first-order valence-electron chi connectivity index (χ1n) is 8.60. The van der Waals surface area contributed by atoms with E-state index in [0.29, 0.717) is 19.6 Å². The number of esters is 1. The van der Waals surface area contributed by atoms with Gasteiger partial charge in [-0.05, 0) is 31.4 Å². The normalized spacial score (nSPS) is 10.5. The van der Waals surface area contributed by atoms with Gasteiger partial charge in [-0.3, -0.25) is 0 Å². The van der Waals surface area contributed by atoms with Crippen LogP contribution in [0.1, 0.15) is 33.9 Å². The molecule has 1 aromatic heterocycles. The Morgan fingerprint density at radius 1 is 1.22 bits per heavy atom. The summed E-state index contributed by atoms with van der Waals surface area (Å²) >= 11 is 0. The fourth-order valence-corrected chi connectivity index (χ4v) is 2.59. The number of amides is 2. The lowest BCUT2D eigenvalue weighted by Crippen LogP contribution is -2.36. The highest BCUT2D eigenvalue weighted by molar-refractivity contribution is 5.91. The first-order valence-corrected chi connectivity index (χ1v) is 8.60. The Labute approximate surface area is 158 Å². The minimum Gasteiger partial charge on any atom is -0.464 e. The van der Waals surface area contributed by atoms with E-state index in [2.05, 4.69) is 15.0 Å². The molecular weight excluding hydrogens is 350 g/mol. The second kappa shape index (κ2) is 9.72. The summed E-state index contributed by atoms with van der Waals surface area (Å²) < 4.78 is 15.0. The smallest absolute Gasteiger partial charge is 0.360 e. The predicted molar refractivity (Wildman–Crippen MR) is 99.7 cm³/mol. The molecule has 0 radical (unpaired) electrons. The van der Waals surface area contributed by atoms with Crippen LogP contribution in [0.25, 0.3) is 0 Å². The van der Waals surface area contributed by atoms with E-state index in [9.17, 15) is 9.59 Å². The van der Waals surface area contributed by atoms with Crippen LogP contribution in [0.15, 0.2) is 28.9 Å². The number of aromatic nitrogens is 1. The lowest BCUT2D eigenvalue weighted by atomic mass is 10.1. The highest BCUT2D eigenvalue weighted by Crippen LogP contribution is 2.20. The van der Waals surface area contributed by atoms with E-state index in [4.69, 9.17) is 9.15 Å². The summed E-state index contributed by atoms with van der Waals surface area (Å²) in [5, 5.41) is 2.95. The lowest BCUT2D eigenvalue weighted by molar-refractivity contribution is 0.0594. The first kappa shape index (κ1) is 20.4. The summed E-state index contributed by atoms with van der Waals surface area (Å²) in [4.78, 5) is 30.0. The number of nitrogens with one attached hydrogen (secondary N) is 1. The third kappa shape index (κ3) is 5.55. The second-order valence-electron chi connectivity index (χ2n) is 6.08. The summed E-state index contributed by atoms with van der Waals surface area (Å²) in [7, 11) is 2.88. The molecule has 8 heteroatoms. The number of carbonyl (C=O) groups excluding carboxylic acids is 2. The number of para-hydroxylation sites is 1. The Bertz CT molecular complexity index is 767. The van der Waals surface area contributed by atoms with Crippen molar-refractivity contribution in [3.8, 4) is 0 Å². The molecule has 0 bridgehead atoms. The zero-order valence-corrected chi connectivity index (χ0v) is 16.1. The predicted octanol–water partition coefficient (Wildman–Crippen LogP) is 3.15. The van der Waals surface area contributed by atoms with Crippen LogP contribution >= 0.6 is 0 Å². The zero-order valence-electron chi connectivity index (χ0n) is 16.1. The number of rotatable bonds is 8. The van der Waals surface area contributed by atoms with Crippen molar-refractivity contribution in [1.82, 2.24) is 9.88 Å². The third-order valence-corrected chi connectivity index (χ3v) is 4.05. The van der Waals surface area contributed by atoms with Crippen molar-refractivity contribution in [1.29, 1.82) is 0 Å². The summed E-state index contributed by atoms with van der Waals surface area (Å²) in [5.41, 5.74) is 2.80. The number of oxazole rings is 1. The van der Waals surface area contributed by atoms with Crippen LogP contribution in [0.4, 0.5) is 10.5 Å². The fraction of sp³-hybridized carbons (Fsp3) is 0.421. The number of nitrogens with zero attached hydrogens (tertiary/aromatic N) is 2. The molecule has 0 atom stereocenters. The third-order valence-electron chi connectivity index (χ3n) is 4.05. The van der Waals surface area contributed by atoms with Crippen LogP contribution in [0.3, 0.4) is 0 Å². The number of hydrogen-bond acceptors (Lipinski definition) is 6. The standard InChI is InChI=1S/C19H25N3O5/c1-13-7-5-8-14(2)17(13)21-19(24)22(9-6-10-25-3)11-16-20-15(12-27-16)18(23)26-4/h5,7-8,12H,6,9-11H2,1-4H3,(H,21,24). The molecule has 1 N–H and O–H groups in total. The van der Waals surface area contributed by atoms with Crippen LogP contribution in [0.5, 0.6) is 0 Å². The molecule has 0 fully saturated rings. The lowest BCUT2D eigenvalue weighted by Gasteiger charge is -2.23. The number of aryl methyl sites for hydroxylation is 2. The Hall–Kier alpha value is -2.87. The molecule has 2 amide bonds. The topological polar surface area (TPSA) is 93.9 Å². The summed E-state index contributed by atoms with van der Waals surface area (Å²) in [6.45, 7) is 4.97. The molecule has 0 aliphatic rings. The summed E-state index contributed by atoms with van der Waals surface area (Å²) in [6, 6.07) is 5.54. The van der Waals surface area contributed by atoms with E-state index in [1.165, 1.54) is 13.4 Å². The molecular formula is C19H25N3O5. The molecule has 2 aromatic rings. The zero-order chi connectivity index (χ0) is 19.8. The van der Waals surface area contributed by atoms with Gasteiger partial charge in [-0.15, -0.1) is 0 Å². The maximum Gasteiger partial charge on any atom is 0.360 e. The molecule has 0 saturated carbocycles. The Morgan fingerprint density at radius 3 is 2.56 bits per heavy atom. The first-order chi connectivity index (χ1) is 13.0. The van der Waals surface area contributed by atoms with Gasteiger partial charge in [-0.25, -0.2) is 14.6 Å². The molecule has 0 unspecified atom stereocenters. The number of hydrogen-bond donors (Lipinski definition) is 1. The highest BCUT2D eigenvalue weighted by atomic mass is 16.5. The van der Waals surface area contributed by atoms with Gasteiger partial charge in [0.2, 0.25) is 5.89 Å². The van der Waals surface area contributed by atoms with Crippen LogP contribution in [0, 0.1) is 13.8 Å². The molecule has 27 heavy (non-hydrogen) atoms. The van der Waals surface area contributed by atoms with Crippen molar-refractivity contribution >= 4 is 17.7 Å². The maximum absolute atomic E-state index is 12.8. The van der Waals surface area contributed by atoms with Crippen molar-refractivity contribution in [2.24, 2.45) is 0 Å². The van der Waals surface area contributed by atoms with Gasteiger partial charge in [-0.1, -0.05) is 18.2 Å². The minimum atomic E-state index is -0.587. The number of urea groups is 1. The molecule has 0 saturated heterocycles. The van der Waals surface area contributed by atoms with Crippen LogP contribution in [-0.4, -0.2) is 49.3 Å². The largest absolute Gasteiger partial charge is 0.464 e. The number of methoxy groups -OCH3 is 2. The fourth-order valence-electron chi connectivity index (χ4n) is 2.59. The number of carbonyl (C=O) groups is 2. The summed E-state index contributed by atoms with van der Waals surface area (Å²) in [5.74, 6) is -0.333. The van der Waals surface area contributed by atoms with E-state index in [0.717, 1.165) is 16.8 Å². The van der Waals surface area contributed by atoms with E-state index >= 15 is 0 Å². The Morgan fingerprint density at radius 2 is 1.93 bits per heavy atom. The van der Waals surface area contributed by atoms with Crippen LogP contribution in [-0.2, 0) is 16.0 Å². The van der Waals surface area contributed by atoms with Crippen molar-refractivity contribution in [2.45, 2.75) is 26.8 Å².